The Labute approximate surface area is 112 Å². The summed E-state index contributed by atoms with van der Waals surface area (Å²) in [6.07, 6.45) is 2.24. The van der Waals surface area contributed by atoms with E-state index in [0.717, 1.165) is 21.6 Å². The molecule has 0 amide bonds. The minimum atomic E-state index is -0.434. The van der Waals surface area contributed by atoms with Crippen molar-refractivity contribution in [3.8, 4) is 0 Å². The number of anilines is 1. The van der Waals surface area contributed by atoms with Gasteiger partial charge in [-0.15, -0.1) is 0 Å². The summed E-state index contributed by atoms with van der Waals surface area (Å²) in [5.74, 6) is 0.825. The van der Waals surface area contributed by atoms with E-state index in [0.29, 0.717) is 6.04 Å². The third kappa shape index (κ3) is 2.83. The number of halogens is 1. The summed E-state index contributed by atoms with van der Waals surface area (Å²) in [6, 6.07) is 6.69. The molecule has 2 atom stereocenters. The standard InChI is InChI=1S/C14H20BrNO/c1-9(11-4-5-11)16(3)14-7-6-12(15)8-13(14)10(2)17/h6-11,17H,4-5H2,1-3H3. The van der Waals surface area contributed by atoms with Crippen LogP contribution in [0.3, 0.4) is 0 Å². The van der Waals surface area contributed by atoms with Crippen molar-refractivity contribution in [2.45, 2.75) is 38.8 Å². The van der Waals surface area contributed by atoms with Gasteiger partial charge in [0.2, 0.25) is 0 Å². The van der Waals surface area contributed by atoms with Crippen LogP contribution < -0.4 is 4.90 Å². The minimum Gasteiger partial charge on any atom is -0.389 e. The Kier molecular flexibility index (Phi) is 3.79. The second-order valence-corrected chi connectivity index (χ2v) is 5.98. The summed E-state index contributed by atoms with van der Waals surface area (Å²) in [5.41, 5.74) is 2.14. The molecule has 0 aliphatic heterocycles. The van der Waals surface area contributed by atoms with E-state index in [-0.39, 0.29) is 0 Å². The van der Waals surface area contributed by atoms with Crippen LogP contribution in [0.2, 0.25) is 0 Å². The van der Waals surface area contributed by atoms with Crippen molar-refractivity contribution in [1.29, 1.82) is 0 Å². The smallest absolute Gasteiger partial charge is 0.0782 e. The lowest BCUT2D eigenvalue weighted by Crippen LogP contribution is -2.31. The maximum absolute atomic E-state index is 9.87. The van der Waals surface area contributed by atoms with Crippen molar-refractivity contribution in [2.75, 3.05) is 11.9 Å². The molecular weight excluding hydrogens is 278 g/mol. The predicted molar refractivity (Wildman–Crippen MR) is 75.4 cm³/mol. The summed E-state index contributed by atoms with van der Waals surface area (Å²) in [7, 11) is 2.12. The molecule has 0 aromatic heterocycles. The van der Waals surface area contributed by atoms with Gasteiger partial charge in [0, 0.05) is 28.8 Å². The molecule has 0 spiro atoms. The van der Waals surface area contributed by atoms with Crippen molar-refractivity contribution >= 4 is 21.6 Å². The molecule has 2 nitrogen and oxygen atoms in total. The van der Waals surface area contributed by atoms with E-state index in [2.05, 4.69) is 40.9 Å². The molecule has 3 heteroatoms. The molecule has 0 bridgehead atoms. The van der Waals surface area contributed by atoms with Crippen LogP contribution in [0.5, 0.6) is 0 Å². The summed E-state index contributed by atoms with van der Waals surface area (Å²) in [4.78, 5) is 2.30. The third-order valence-electron chi connectivity index (χ3n) is 3.73. The zero-order chi connectivity index (χ0) is 12.6. The van der Waals surface area contributed by atoms with Crippen LogP contribution in [-0.2, 0) is 0 Å². The molecule has 1 aromatic carbocycles. The Bertz CT molecular complexity index is 401. The molecule has 0 saturated heterocycles. The van der Waals surface area contributed by atoms with Crippen molar-refractivity contribution in [3.05, 3.63) is 28.2 Å². The number of aliphatic hydroxyl groups excluding tert-OH is 1. The summed E-state index contributed by atoms with van der Waals surface area (Å²) in [6.45, 7) is 4.09. The number of aliphatic hydroxyl groups is 1. The number of benzene rings is 1. The Morgan fingerprint density at radius 2 is 2.00 bits per heavy atom. The minimum absolute atomic E-state index is 0.434. The van der Waals surface area contributed by atoms with Crippen LogP contribution >= 0.6 is 15.9 Å². The lowest BCUT2D eigenvalue weighted by Gasteiger charge is -2.30. The summed E-state index contributed by atoms with van der Waals surface area (Å²) in [5, 5.41) is 9.87. The molecule has 1 N–H and O–H groups in total. The fourth-order valence-corrected chi connectivity index (χ4v) is 2.67. The van der Waals surface area contributed by atoms with E-state index in [4.69, 9.17) is 0 Å². The predicted octanol–water partition coefficient (Wildman–Crippen LogP) is 3.74. The molecule has 0 radical (unpaired) electrons. The second-order valence-electron chi connectivity index (χ2n) is 5.07. The van der Waals surface area contributed by atoms with Crippen molar-refractivity contribution < 1.29 is 5.11 Å². The first kappa shape index (κ1) is 12.9. The van der Waals surface area contributed by atoms with Crippen molar-refractivity contribution in [2.24, 2.45) is 5.92 Å². The van der Waals surface area contributed by atoms with Gasteiger partial charge in [0.15, 0.2) is 0 Å². The average Bonchev–Trinajstić information content (AvgIpc) is 3.10. The van der Waals surface area contributed by atoms with Gasteiger partial charge in [0.05, 0.1) is 6.10 Å². The lowest BCUT2D eigenvalue weighted by molar-refractivity contribution is 0.199. The first-order chi connectivity index (χ1) is 8.00. The van der Waals surface area contributed by atoms with Gasteiger partial charge in [-0.25, -0.2) is 0 Å². The Hall–Kier alpha value is -0.540. The maximum Gasteiger partial charge on any atom is 0.0782 e. The monoisotopic (exact) mass is 297 g/mol. The highest BCUT2D eigenvalue weighted by Gasteiger charge is 2.31. The van der Waals surface area contributed by atoms with Crippen LogP contribution in [0.1, 0.15) is 38.4 Å². The molecule has 1 aromatic rings. The Morgan fingerprint density at radius 1 is 1.35 bits per heavy atom. The largest absolute Gasteiger partial charge is 0.389 e. The normalized spacial score (nSPS) is 18.9. The van der Waals surface area contributed by atoms with Gasteiger partial charge in [-0.05, 0) is 50.8 Å². The average molecular weight is 298 g/mol. The van der Waals surface area contributed by atoms with Gasteiger partial charge in [0.1, 0.15) is 0 Å². The van der Waals surface area contributed by atoms with E-state index in [9.17, 15) is 5.11 Å². The SMILES string of the molecule is CC(O)c1cc(Br)ccc1N(C)C(C)C1CC1. The van der Waals surface area contributed by atoms with Gasteiger partial charge in [-0.2, -0.15) is 0 Å². The molecule has 2 unspecified atom stereocenters. The highest BCUT2D eigenvalue weighted by atomic mass is 79.9. The van der Waals surface area contributed by atoms with Crippen LogP contribution in [0, 0.1) is 5.92 Å². The summed E-state index contributed by atoms with van der Waals surface area (Å²) < 4.78 is 1.02. The van der Waals surface area contributed by atoms with E-state index in [1.165, 1.54) is 12.8 Å². The molecule has 1 fully saturated rings. The Balaban J connectivity index is 2.29. The van der Waals surface area contributed by atoms with Gasteiger partial charge in [0.25, 0.3) is 0 Å². The van der Waals surface area contributed by atoms with E-state index in [1.807, 2.05) is 19.1 Å². The molecular formula is C14H20BrNO. The number of nitrogens with zero attached hydrogens (tertiary/aromatic N) is 1. The van der Waals surface area contributed by atoms with Crippen molar-refractivity contribution in [3.63, 3.8) is 0 Å². The topological polar surface area (TPSA) is 23.5 Å². The molecule has 17 heavy (non-hydrogen) atoms. The van der Waals surface area contributed by atoms with Crippen LogP contribution in [0.4, 0.5) is 5.69 Å². The first-order valence-corrected chi connectivity index (χ1v) is 7.00. The maximum atomic E-state index is 9.87. The van der Waals surface area contributed by atoms with Gasteiger partial charge >= 0.3 is 0 Å². The fraction of sp³-hybridized carbons (Fsp3) is 0.571. The van der Waals surface area contributed by atoms with E-state index in [1.54, 1.807) is 0 Å². The van der Waals surface area contributed by atoms with Gasteiger partial charge in [-0.3, -0.25) is 0 Å². The highest BCUT2D eigenvalue weighted by Crippen LogP contribution is 2.38. The number of hydrogen-bond donors (Lipinski definition) is 1. The van der Waals surface area contributed by atoms with E-state index < -0.39 is 6.10 Å². The number of hydrogen-bond acceptors (Lipinski definition) is 2. The van der Waals surface area contributed by atoms with Crippen LogP contribution in [-0.4, -0.2) is 18.2 Å². The molecule has 2 rings (SSSR count). The second kappa shape index (κ2) is 4.99. The molecule has 1 saturated carbocycles. The molecule has 0 heterocycles. The lowest BCUT2D eigenvalue weighted by atomic mass is 10.1. The summed E-state index contributed by atoms with van der Waals surface area (Å²) >= 11 is 3.46. The zero-order valence-corrected chi connectivity index (χ0v) is 12.2. The molecule has 1 aliphatic carbocycles. The van der Waals surface area contributed by atoms with E-state index >= 15 is 0 Å². The molecule has 94 valence electrons. The third-order valence-corrected chi connectivity index (χ3v) is 4.23. The van der Waals surface area contributed by atoms with Crippen LogP contribution in [0.15, 0.2) is 22.7 Å². The van der Waals surface area contributed by atoms with Crippen molar-refractivity contribution in [1.82, 2.24) is 0 Å². The first-order valence-electron chi connectivity index (χ1n) is 6.21. The zero-order valence-electron chi connectivity index (χ0n) is 10.7. The van der Waals surface area contributed by atoms with Gasteiger partial charge in [-0.1, -0.05) is 15.9 Å². The quantitative estimate of drug-likeness (QED) is 0.915. The Morgan fingerprint density at radius 3 is 2.53 bits per heavy atom. The van der Waals surface area contributed by atoms with Gasteiger partial charge < -0.3 is 10.0 Å². The van der Waals surface area contributed by atoms with Crippen LogP contribution in [0.25, 0.3) is 0 Å². The molecule has 1 aliphatic rings. The fourth-order valence-electron chi connectivity index (χ4n) is 2.30. The number of rotatable bonds is 4. The highest BCUT2D eigenvalue weighted by molar-refractivity contribution is 9.10.